The Morgan fingerprint density at radius 3 is 3.16 bits per heavy atom. The number of nitrogens with one attached hydrogen (secondary N) is 2. The molecule has 0 saturated heterocycles. The van der Waals surface area contributed by atoms with Gasteiger partial charge in [0.2, 0.25) is 5.88 Å². The highest BCUT2D eigenvalue weighted by Crippen LogP contribution is 2.35. The van der Waals surface area contributed by atoms with Gasteiger partial charge in [0.1, 0.15) is 17.9 Å². The molecule has 1 unspecified atom stereocenters. The van der Waals surface area contributed by atoms with Crippen molar-refractivity contribution < 1.29 is 4.74 Å². The zero-order valence-electron chi connectivity index (χ0n) is 13.8. The van der Waals surface area contributed by atoms with E-state index in [1.54, 1.807) is 0 Å². The van der Waals surface area contributed by atoms with Crippen molar-refractivity contribution in [2.24, 2.45) is 0 Å². The smallest absolute Gasteiger partial charge is 0.349 e. The van der Waals surface area contributed by atoms with Crippen LogP contribution in [0.1, 0.15) is 30.5 Å². The molecule has 0 amide bonds. The maximum Gasteiger partial charge on any atom is 0.349 e. The Hall–Kier alpha value is -2.94. The van der Waals surface area contributed by atoms with Gasteiger partial charge >= 0.3 is 5.69 Å². The van der Waals surface area contributed by atoms with Crippen LogP contribution in [0, 0.1) is 0 Å². The summed E-state index contributed by atoms with van der Waals surface area (Å²) in [6.07, 6.45) is 0.971. The number of fused-ring (bicyclic) bond motifs is 2. The number of ether oxygens (including phenoxy) is 1. The number of nitrogens with two attached hydrogens (primary N) is 1. The third kappa shape index (κ3) is 2.62. The van der Waals surface area contributed by atoms with Gasteiger partial charge in [0.15, 0.2) is 0 Å². The lowest BCUT2D eigenvalue weighted by molar-refractivity contribution is 0.312. The molecule has 4 rings (SSSR count). The van der Waals surface area contributed by atoms with Crippen molar-refractivity contribution in [3.05, 3.63) is 39.8 Å². The quantitative estimate of drug-likeness (QED) is 0.636. The number of rotatable bonds is 3. The lowest BCUT2D eigenvalue weighted by Gasteiger charge is -2.19. The summed E-state index contributed by atoms with van der Waals surface area (Å²) >= 11 is 0. The average molecular weight is 341 g/mol. The van der Waals surface area contributed by atoms with Crippen molar-refractivity contribution in [1.29, 1.82) is 0 Å². The van der Waals surface area contributed by atoms with Crippen LogP contribution in [0.4, 0.5) is 5.82 Å². The molecule has 1 aliphatic rings. The Balaban J connectivity index is 1.91. The summed E-state index contributed by atoms with van der Waals surface area (Å²) < 4.78 is 7.49. The third-order valence-electron chi connectivity index (χ3n) is 4.27. The van der Waals surface area contributed by atoms with Crippen LogP contribution in [-0.4, -0.2) is 38.1 Å². The molecule has 0 bridgehead atoms. The lowest BCUT2D eigenvalue weighted by Crippen LogP contribution is -2.25. The Bertz CT molecular complexity index is 978. The first-order valence-corrected chi connectivity index (χ1v) is 8.27. The van der Waals surface area contributed by atoms with Crippen molar-refractivity contribution in [2.75, 3.05) is 18.9 Å². The van der Waals surface area contributed by atoms with Crippen LogP contribution in [0.15, 0.2) is 23.0 Å². The number of nitrogens with zero attached hydrogens (tertiary/aromatic N) is 4. The largest absolute Gasteiger partial charge is 0.476 e. The molecule has 9 nitrogen and oxygen atoms in total. The fourth-order valence-electron chi connectivity index (χ4n) is 3.21. The Kier molecular flexibility index (Phi) is 3.85. The summed E-state index contributed by atoms with van der Waals surface area (Å²) in [7, 11) is 0. The van der Waals surface area contributed by atoms with E-state index in [1.807, 2.05) is 22.9 Å². The number of aromatic nitrogens is 5. The van der Waals surface area contributed by atoms with Gasteiger partial charge in [0.25, 0.3) is 0 Å². The fraction of sp³-hybridized carbons (Fsp3) is 0.375. The van der Waals surface area contributed by atoms with E-state index in [9.17, 15) is 4.79 Å². The predicted molar refractivity (Wildman–Crippen MR) is 92.4 cm³/mol. The van der Waals surface area contributed by atoms with Gasteiger partial charge in [-0.15, -0.1) is 5.10 Å². The monoisotopic (exact) mass is 341 g/mol. The number of nitrogen functional groups attached to an aromatic ring is 1. The van der Waals surface area contributed by atoms with Gasteiger partial charge in [-0.25, -0.2) is 9.48 Å². The Labute approximate surface area is 143 Å². The molecule has 1 aromatic carbocycles. The van der Waals surface area contributed by atoms with Crippen LogP contribution >= 0.6 is 0 Å². The Morgan fingerprint density at radius 1 is 1.44 bits per heavy atom. The molecule has 0 aliphatic carbocycles. The van der Waals surface area contributed by atoms with Gasteiger partial charge in [0.05, 0.1) is 17.1 Å². The molecular weight excluding hydrogens is 322 g/mol. The van der Waals surface area contributed by atoms with Gasteiger partial charge in [-0.3, -0.25) is 4.98 Å². The van der Waals surface area contributed by atoms with Crippen molar-refractivity contribution in [3.8, 4) is 5.88 Å². The van der Waals surface area contributed by atoms with E-state index >= 15 is 0 Å². The number of benzene rings is 1. The van der Waals surface area contributed by atoms with Crippen LogP contribution < -0.4 is 21.5 Å². The number of anilines is 1. The summed E-state index contributed by atoms with van der Waals surface area (Å²) in [6.45, 7) is 3.89. The molecule has 9 heteroatoms. The first-order valence-electron chi connectivity index (χ1n) is 8.27. The molecule has 0 saturated carbocycles. The van der Waals surface area contributed by atoms with Crippen LogP contribution in [-0.2, 0) is 6.54 Å². The molecular formula is C16H19N7O2. The van der Waals surface area contributed by atoms with Gasteiger partial charge < -0.3 is 15.8 Å². The second-order valence-electron chi connectivity index (χ2n) is 5.94. The normalized spacial score (nSPS) is 17.1. The summed E-state index contributed by atoms with van der Waals surface area (Å²) in [4.78, 5) is 18.1. The van der Waals surface area contributed by atoms with E-state index < -0.39 is 5.69 Å². The summed E-state index contributed by atoms with van der Waals surface area (Å²) in [6, 6.07) is 5.65. The highest BCUT2D eigenvalue weighted by molar-refractivity contribution is 5.79. The number of H-pyrrole nitrogens is 1. The molecule has 4 N–H and O–H groups in total. The molecule has 1 atom stereocenters. The van der Waals surface area contributed by atoms with Crippen molar-refractivity contribution in [2.45, 2.75) is 25.9 Å². The van der Waals surface area contributed by atoms with Gasteiger partial charge in [-0.1, -0.05) is 24.3 Å². The topological polar surface area (TPSA) is 124 Å². The molecule has 0 spiro atoms. The molecule has 25 heavy (non-hydrogen) atoms. The highest BCUT2D eigenvalue weighted by Gasteiger charge is 2.28. The zero-order valence-corrected chi connectivity index (χ0v) is 13.8. The molecule has 0 radical (unpaired) electrons. The van der Waals surface area contributed by atoms with E-state index in [1.165, 1.54) is 0 Å². The molecule has 2 aromatic heterocycles. The first-order chi connectivity index (χ1) is 12.2. The summed E-state index contributed by atoms with van der Waals surface area (Å²) in [5, 5.41) is 12.0. The summed E-state index contributed by atoms with van der Waals surface area (Å²) in [5.41, 5.74) is 8.86. The minimum Gasteiger partial charge on any atom is -0.476 e. The van der Waals surface area contributed by atoms with Crippen molar-refractivity contribution in [1.82, 2.24) is 30.3 Å². The van der Waals surface area contributed by atoms with Crippen LogP contribution in [0.2, 0.25) is 0 Å². The maximum absolute atomic E-state index is 11.6. The van der Waals surface area contributed by atoms with Gasteiger partial charge in [-0.2, -0.15) is 4.98 Å². The second-order valence-corrected chi connectivity index (χ2v) is 5.94. The SMILES string of the molecule is CCCn1nnc2c(C3NCCOc4nc(=O)[nH]c(N)c43)cccc21. The fourth-order valence-corrected chi connectivity index (χ4v) is 3.21. The number of aromatic amines is 1. The molecule has 1 aliphatic heterocycles. The van der Waals surface area contributed by atoms with Gasteiger partial charge in [0, 0.05) is 18.7 Å². The van der Waals surface area contributed by atoms with E-state index in [2.05, 4.69) is 32.5 Å². The standard InChI is InChI=1S/C16H19N7O2/c1-2-7-23-10-5-3-4-9(12(10)21-22-23)13-11-14(17)19-16(24)20-15(11)25-8-6-18-13/h3-5,13,18H,2,6-8H2,1H3,(H3,17,19,20,24). The second kappa shape index (κ2) is 6.17. The number of aryl methyl sites for hydroxylation is 1. The number of hydrogen-bond donors (Lipinski definition) is 3. The van der Waals surface area contributed by atoms with E-state index in [0.29, 0.717) is 18.7 Å². The molecule has 3 aromatic rings. The third-order valence-corrected chi connectivity index (χ3v) is 4.27. The molecule has 130 valence electrons. The van der Waals surface area contributed by atoms with E-state index in [4.69, 9.17) is 10.5 Å². The van der Waals surface area contributed by atoms with Gasteiger partial charge in [-0.05, 0) is 12.5 Å². The predicted octanol–water partition coefficient (Wildman–Crippen LogP) is 0.578. The van der Waals surface area contributed by atoms with Crippen LogP contribution in [0.3, 0.4) is 0 Å². The van der Waals surface area contributed by atoms with Crippen LogP contribution in [0.25, 0.3) is 11.0 Å². The lowest BCUT2D eigenvalue weighted by atomic mass is 9.98. The minimum absolute atomic E-state index is 0.243. The average Bonchev–Trinajstić information content (AvgIpc) is 2.87. The van der Waals surface area contributed by atoms with Crippen LogP contribution in [0.5, 0.6) is 5.88 Å². The maximum atomic E-state index is 11.6. The first kappa shape index (κ1) is 15.6. The minimum atomic E-state index is -0.524. The zero-order chi connectivity index (χ0) is 17.4. The van der Waals surface area contributed by atoms with Crippen molar-refractivity contribution >= 4 is 16.9 Å². The highest BCUT2D eigenvalue weighted by atomic mass is 16.5. The molecule has 0 fully saturated rings. The number of hydrogen-bond acceptors (Lipinski definition) is 7. The van der Waals surface area contributed by atoms with Crippen molar-refractivity contribution in [3.63, 3.8) is 0 Å². The Morgan fingerprint density at radius 2 is 2.32 bits per heavy atom. The molecule has 3 heterocycles. The van der Waals surface area contributed by atoms with E-state index in [-0.39, 0.29) is 17.7 Å². The summed E-state index contributed by atoms with van der Waals surface area (Å²) in [5.74, 6) is 0.501. The van der Waals surface area contributed by atoms with E-state index in [0.717, 1.165) is 29.6 Å².